The van der Waals surface area contributed by atoms with Crippen LogP contribution in [0.5, 0.6) is 0 Å². The predicted molar refractivity (Wildman–Crippen MR) is 53.7 cm³/mol. The van der Waals surface area contributed by atoms with E-state index in [1.54, 1.807) is 6.20 Å². The number of rotatable bonds is 2. The van der Waals surface area contributed by atoms with E-state index in [4.69, 9.17) is 11.6 Å². The van der Waals surface area contributed by atoms with Crippen molar-refractivity contribution >= 4 is 28.9 Å². The first-order valence-electron chi connectivity index (χ1n) is 4.24. The first-order valence-corrected chi connectivity index (χ1v) is 4.62. The molecule has 0 fully saturated rings. The summed E-state index contributed by atoms with van der Waals surface area (Å²) in [4.78, 5) is 21.4. The Morgan fingerprint density at radius 2 is 2.43 bits per heavy atom. The van der Waals surface area contributed by atoms with Crippen molar-refractivity contribution in [3.8, 4) is 0 Å². The third-order valence-electron chi connectivity index (χ3n) is 2.06. The molecule has 14 heavy (non-hydrogen) atoms. The maximum atomic E-state index is 10.5. The third kappa shape index (κ3) is 1.28. The van der Waals surface area contributed by atoms with E-state index in [1.807, 2.05) is 6.92 Å². The molecule has 2 rings (SSSR count). The Kier molecular flexibility index (Phi) is 2.21. The van der Waals surface area contributed by atoms with Gasteiger partial charge in [0.05, 0.1) is 5.52 Å². The van der Waals surface area contributed by atoms with Crippen molar-refractivity contribution in [2.75, 3.05) is 0 Å². The van der Waals surface area contributed by atoms with Gasteiger partial charge >= 0.3 is 0 Å². The Labute approximate surface area is 85.3 Å². The fourth-order valence-corrected chi connectivity index (χ4v) is 1.54. The van der Waals surface area contributed by atoms with Gasteiger partial charge in [0.2, 0.25) is 0 Å². The number of pyridine rings is 1. The second kappa shape index (κ2) is 3.38. The number of imidazole rings is 1. The zero-order valence-corrected chi connectivity index (χ0v) is 8.30. The molecule has 72 valence electrons. The summed E-state index contributed by atoms with van der Waals surface area (Å²) in [5.74, 6) is 0.282. The highest BCUT2D eigenvalue weighted by molar-refractivity contribution is 6.33. The summed E-state index contributed by atoms with van der Waals surface area (Å²) in [5, 5.41) is 0.321. The number of aromatic amines is 1. The van der Waals surface area contributed by atoms with E-state index in [-0.39, 0.29) is 5.82 Å². The van der Waals surface area contributed by atoms with E-state index in [0.29, 0.717) is 17.0 Å². The first kappa shape index (κ1) is 9.15. The minimum absolute atomic E-state index is 0.282. The molecule has 0 aromatic carbocycles. The standard InChI is InChI=1S/C9H8ClN3O/c1-2-5-3-11-9(10)8-7(5)12-6(4-14)13-8/h3-4H,2H2,1H3,(H,12,13). The minimum atomic E-state index is 0.282. The van der Waals surface area contributed by atoms with Gasteiger partial charge in [-0.3, -0.25) is 4.79 Å². The van der Waals surface area contributed by atoms with Crippen LogP contribution in [0.25, 0.3) is 11.0 Å². The summed E-state index contributed by atoms with van der Waals surface area (Å²) in [6, 6.07) is 0. The van der Waals surface area contributed by atoms with Crippen LogP contribution in [0, 0.1) is 0 Å². The molecule has 0 spiro atoms. The summed E-state index contributed by atoms with van der Waals surface area (Å²) in [6.07, 6.45) is 3.17. The van der Waals surface area contributed by atoms with E-state index in [2.05, 4.69) is 15.0 Å². The van der Waals surface area contributed by atoms with Crippen molar-refractivity contribution in [2.24, 2.45) is 0 Å². The maximum Gasteiger partial charge on any atom is 0.185 e. The number of hydrogen-bond donors (Lipinski definition) is 1. The molecule has 1 N–H and O–H groups in total. The van der Waals surface area contributed by atoms with Gasteiger partial charge in [-0.2, -0.15) is 0 Å². The van der Waals surface area contributed by atoms with E-state index in [9.17, 15) is 4.79 Å². The van der Waals surface area contributed by atoms with Crippen LogP contribution in [0.3, 0.4) is 0 Å². The smallest absolute Gasteiger partial charge is 0.185 e. The molecule has 0 amide bonds. The van der Waals surface area contributed by atoms with Crippen molar-refractivity contribution < 1.29 is 4.79 Å². The van der Waals surface area contributed by atoms with Crippen molar-refractivity contribution in [3.63, 3.8) is 0 Å². The van der Waals surface area contributed by atoms with Crippen LogP contribution in [-0.4, -0.2) is 21.2 Å². The average molecular weight is 210 g/mol. The number of carbonyl (C=O) groups is 1. The highest BCUT2D eigenvalue weighted by Crippen LogP contribution is 2.22. The summed E-state index contributed by atoms with van der Waals surface area (Å²) >= 11 is 5.85. The summed E-state index contributed by atoms with van der Waals surface area (Å²) in [5.41, 5.74) is 2.37. The van der Waals surface area contributed by atoms with Gasteiger partial charge in [0.1, 0.15) is 5.52 Å². The molecule has 2 heterocycles. The number of H-pyrrole nitrogens is 1. The lowest BCUT2D eigenvalue weighted by molar-refractivity contribution is 0.111. The van der Waals surface area contributed by atoms with Gasteiger partial charge in [0.25, 0.3) is 0 Å². The van der Waals surface area contributed by atoms with E-state index in [0.717, 1.165) is 17.5 Å². The molecule has 0 aliphatic carbocycles. The van der Waals surface area contributed by atoms with Gasteiger partial charge in [-0.05, 0) is 12.0 Å². The molecule has 0 atom stereocenters. The van der Waals surface area contributed by atoms with Gasteiger partial charge in [-0.15, -0.1) is 0 Å². The Balaban J connectivity index is 2.81. The molecule has 0 unspecified atom stereocenters. The molecule has 0 saturated heterocycles. The van der Waals surface area contributed by atoms with Crippen molar-refractivity contribution in [1.82, 2.24) is 15.0 Å². The second-order valence-electron chi connectivity index (χ2n) is 2.89. The van der Waals surface area contributed by atoms with Crippen LogP contribution in [0.15, 0.2) is 6.20 Å². The maximum absolute atomic E-state index is 10.5. The monoisotopic (exact) mass is 209 g/mol. The number of aromatic nitrogens is 3. The molecular formula is C9H8ClN3O. The molecule has 2 aromatic rings. The highest BCUT2D eigenvalue weighted by Gasteiger charge is 2.09. The summed E-state index contributed by atoms with van der Waals surface area (Å²) in [7, 11) is 0. The summed E-state index contributed by atoms with van der Waals surface area (Å²) < 4.78 is 0. The molecule has 4 nitrogen and oxygen atoms in total. The highest BCUT2D eigenvalue weighted by atomic mass is 35.5. The van der Waals surface area contributed by atoms with E-state index < -0.39 is 0 Å². The first-order chi connectivity index (χ1) is 6.76. The fourth-order valence-electron chi connectivity index (χ4n) is 1.36. The topological polar surface area (TPSA) is 58.6 Å². The van der Waals surface area contributed by atoms with Crippen LogP contribution in [0.2, 0.25) is 5.15 Å². The zero-order valence-electron chi connectivity index (χ0n) is 7.54. The van der Waals surface area contributed by atoms with E-state index >= 15 is 0 Å². The fraction of sp³-hybridized carbons (Fsp3) is 0.222. The van der Waals surface area contributed by atoms with Gasteiger partial charge in [-0.1, -0.05) is 18.5 Å². The molecule has 2 aromatic heterocycles. The molecule has 0 aliphatic rings. The van der Waals surface area contributed by atoms with Crippen LogP contribution >= 0.6 is 11.6 Å². The lowest BCUT2D eigenvalue weighted by Gasteiger charge is -1.97. The predicted octanol–water partition coefficient (Wildman–Crippen LogP) is 1.99. The Hall–Kier alpha value is -1.42. The molecule has 5 heteroatoms. The number of fused-ring (bicyclic) bond motifs is 1. The average Bonchev–Trinajstić information content (AvgIpc) is 2.63. The lowest BCUT2D eigenvalue weighted by Crippen LogP contribution is -1.86. The Bertz CT molecular complexity index is 492. The molecule has 0 aliphatic heterocycles. The number of nitrogens with zero attached hydrogens (tertiary/aromatic N) is 2. The number of carbonyl (C=O) groups excluding carboxylic acids is 1. The Morgan fingerprint density at radius 1 is 1.64 bits per heavy atom. The van der Waals surface area contributed by atoms with Crippen LogP contribution in [0.4, 0.5) is 0 Å². The number of nitrogens with one attached hydrogen (secondary N) is 1. The van der Waals surface area contributed by atoms with Gasteiger partial charge in [0.15, 0.2) is 17.3 Å². The van der Waals surface area contributed by atoms with Gasteiger partial charge in [-0.25, -0.2) is 9.97 Å². The van der Waals surface area contributed by atoms with Crippen molar-refractivity contribution in [1.29, 1.82) is 0 Å². The molecular weight excluding hydrogens is 202 g/mol. The number of halogens is 1. The second-order valence-corrected chi connectivity index (χ2v) is 3.25. The number of aryl methyl sites for hydroxylation is 1. The van der Waals surface area contributed by atoms with E-state index in [1.165, 1.54) is 0 Å². The van der Waals surface area contributed by atoms with Crippen LogP contribution in [0.1, 0.15) is 23.1 Å². The normalized spacial score (nSPS) is 10.7. The number of hydrogen-bond acceptors (Lipinski definition) is 3. The number of aldehydes is 1. The van der Waals surface area contributed by atoms with Gasteiger partial charge in [0, 0.05) is 6.20 Å². The minimum Gasteiger partial charge on any atom is -0.335 e. The summed E-state index contributed by atoms with van der Waals surface area (Å²) in [6.45, 7) is 2.01. The SMILES string of the molecule is CCc1cnc(Cl)c2nc(C=O)[nH]c12. The Morgan fingerprint density at radius 3 is 3.07 bits per heavy atom. The quantitative estimate of drug-likeness (QED) is 0.608. The zero-order chi connectivity index (χ0) is 10.1. The largest absolute Gasteiger partial charge is 0.335 e. The van der Waals surface area contributed by atoms with Gasteiger partial charge < -0.3 is 4.98 Å². The van der Waals surface area contributed by atoms with Crippen LogP contribution in [-0.2, 0) is 6.42 Å². The van der Waals surface area contributed by atoms with Crippen LogP contribution < -0.4 is 0 Å². The van der Waals surface area contributed by atoms with Crippen molar-refractivity contribution in [3.05, 3.63) is 22.7 Å². The third-order valence-corrected chi connectivity index (χ3v) is 2.34. The molecule has 0 saturated carbocycles. The molecule has 0 radical (unpaired) electrons. The van der Waals surface area contributed by atoms with Crippen molar-refractivity contribution in [2.45, 2.75) is 13.3 Å². The molecule has 0 bridgehead atoms. The lowest BCUT2D eigenvalue weighted by atomic mass is 10.2.